The molecule has 0 unspecified atom stereocenters. The van der Waals surface area contributed by atoms with Crippen molar-refractivity contribution in [2.24, 2.45) is 0 Å². The summed E-state index contributed by atoms with van der Waals surface area (Å²) >= 11 is 0. The molecule has 1 aromatic rings. The van der Waals surface area contributed by atoms with Crippen LogP contribution in [0, 0.1) is 0 Å². The molecule has 1 aromatic carbocycles. The van der Waals surface area contributed by atoms with Crippen LogP contribution in [0.4, 0.5) is 0 Å². The first-order chi connectivity index (χ1) is 8.16. The summed E-state index contributed by atoms with van der Waals surface area (Å²) in [7, 11) is -2.55. The van der Waals surface area contributed by atoms with Crippen LogP contribution in [0.1, 0.15) is 13.3 Å². The second kappa shape index (κ2) is 7.76. The molecule has 1 rings (SSSR count). The first-order valence-corrected chi connectivity index (χ1v) is 13.1. The molecule has 0 atom stereocenters. The molecule has 0 aromatic heterocycles. The first kappa shape index (κ1) is 17.4. The second-order valence-electron chi connectivity index (χ2n) is 6.06. The fraction of sp³-hybridized carbons (Fsp3) is 0.571. The Kier molecular flexibility index (Phi) is 7.51. The predicted octanol–water partition coefficient (Wildman–Crippen LogP) is 4.85. The van der Waals surface area contributed by atoms with Gasteiger partial charge in [-0.25, -0.2) is 0 Å². The number of benzene rings is 1. The Hall–Kier alpha value is -0.586. The SMILES string of the molecule is CCC[Si](C)(C)O[Si](C)(C)C.Oc1ccccc1. The van der Waals surface area contributed by atoms with Crippen LogP contribution < -0.4 is 0 Å². The summed E-state index contributed by atoms with van der Waals surface area (Å²) in [6, 6.07) is 10.0. The number of para-hydroxylation sites is 1. The van der Waals surface area contributed by atoms with Crippen LogP contribution in [0.25, 0.3) is 0 Å². The molecule has 1 N–H and O–H groups in total. The Morgan fingerprint density at radius 3 is 1.78 bits per heavy atom. The van der Waals surface area contributed by atoms with Gasteiger partial charge in [-0.3, -0.25) is 0 Å². The summed E-state index contributed by atoms with van der Waals surface area (Å²) in [5, 5.41) is 8.63. The first-order valence-electron chi connectivity index (χ1n) is 6.60. The lowest BCUT2D eigenvalue weighted by atomic mass is 10.3. The Labute approximate surface area is 114 Å². The van der Waals surface area contributed by atoms with Crippen LogP contribution in [0.15, 0.2) is 30.3 Å². The number of hydrogen-bond donors (Lipinski definition) is 1. The maximum absolute atomic E-state index is 8.63. The molecule has 18 heavy (non-hydrogen) atoms. The van der Waals surface area contributed by atoms with Gasteiger partial charge in [0.15, 0.2) is 16.6 Å². The summed E-state index contributed by atoms with van der Waals surface area (Å²) in [6.07, 6.45) is 1.27. The van der Waals surface area contributed by atoms with Crippen LogP contribution in [0.3, 0.4) is 0 Å². The van der Waals surface area contributed by atoms with Crippen molar-refractivity contribution in [1.82, 2.24) is 0 Å². The molecule has 0 heterocycles. The lowest BCUT2D eigenvalue weighted by Gasteiger charge is -2.31. The van der Waals surface area contributed by atoms with Gasteiger partial charge in [0.05, 0.1) is 0 Å². The second-order valence-corrected chi connectivity index (χ2v) is 15.1. The van der Waals surface area contributed by atoms with E-state index in [1.54, 1.807) is 24.3 Å². The van der Waals surface area contributed by atoms with Gasteiger partial charge in [0, 0.05) is 0 Å². The van der Waals surface area contributed by atoms with Crippen LogP contribution in [0.2, 0.25) is 38.8 Å². The Bertz CT molecular complexity index is 318. The van der Waals surface area contributed by atoms with Crippen LogP contribution in [-0.2, 0) is 4.12 Å². The topological polar surface area (TPSA) is 29.5 Å². The molecular formula is C14H28O2Si2. The molecular weight excluding hydrogens is 256 g/mol. The predicted molar refractivity (Wildman–Crippen MR) is 85.1 cm³/mol. The van der Waals surface area contributed by atoms with Crippen molar-refractivity contribution in [2.45, 2.75) is 52.1 Å². The van der Waals surface area contributed by atoms with Gasteiger partial charge in [-0.1, -0.05) is 31.5 Å². The van der Waals surface area contributed by atoms with Gasteiger partial charge in [0.1, 0.15) is 5.75 Å². The highest BCUT2D eigenvalue weighted by molar-refractivity contribution is 6.84. The number of rotatable bonds is 4. The highest BCUT2D eigenvalue weighted by Crippen LogP contribution is 2.19. The largest absolute Gasteiger partial charge is 0.508 e. The zero-order chi connectivity index (χ0) is 14.2. The Balaban J connectivity index is 0.000000351. The minimum Gasteiger partial charge on any atom is -0.508 e. The van der Waals surface area contributed by atoms with E-state index >= 15 is 0 Å². The third-order valence-corrected chi connectivity index (χ3v) is 8.55. The smallest absolute Gasteiger partial charge is 0.173 e. The van der Waals surface area contributed by atoms with Gasteiger partial charge in [-0.15, -0.1) is 0 Å². The summed E-state index contributed by atoms with van der Waals surface area (Å²) in [6.45, 7) is 13.7. The maximum atomic E-state index is 8.63. The normalized spacial score (nSPS) is 11.7. The van der Waals surface area contributed by atoms with E-state index in [1.807, 2.05) is 6.07 Å². The number of aromatic hydroxyl groups is 1. The summed E-state index contributed by atoms with van der Waals surface area (Å²) < 4.78 is 6.14. The minimum atomic E-state index is -1.28. The van der Waals surface area contributed by atoms with E-state index in [1.165, 1.54) is 12.5 Å². The zero-order valence-corrected chi connectivity index (χ0v) is 14.7. The highest BCUT2D eigenvalue weighted by atomic mass is 28.4. The van der Waals surface area contributed by atoms with E-state index in [0.29, 0.717) is 5.75 Å². The van der Waals surface area contributed by atoms with E-state index in [4.69, 9.17) is 9.22 Å². The molecule has 0 radical (unpaired) electrons. The van der Waals surface area contributed by atoms with Crippen LogP contribution >= 0.6 is 0 Å². The monoisotopic (exact) mass is 284 g/mol. The van der Waals surface area contributed by atoms with Gasteiger partial charge in [-0.05, 0) is 50.9 Å². The quantitative estimate of drug-likeness (QED) is 0.801. The lowest BCUT2D eigenvalue weighted by Crippen LogP contribution is -2.41. The standard InChI is InChI=1S/C8H22OSi2.C6H6O/c1-7-8-11(5,6)9-10(2,3)4;7-6-4-2-1-3-5-6/h7-8H2,1-6H3;1-5,7H. The average molecular weight is 285 g/mol. The maximum Gasteiger partial charge on any atom is 0.173 e. The third kappa shape index (κ3) is 10.6. The number of phenolic OH excluding ortho intramolecular Hbond substituents is 1. The number of hydrogen-bond acceptors (Lipinski definition) is 2. The number of phenols is 1. The van der Waals surface area contributed by atoms with Crippen molar-refractivity contribution in [3.8, 4) is 5.75 Å². The summed E-state index contributed by atoms with van der Waals surface area (Å²) in [5.41, 5.74) is 0. The molecule has 0 aliphatic heterocycles. The summed E-state index contributed by atoms with van der Waals surface area (Å²) in [5.74, 6) is 0.322. The molecule has 0 amide bonds. The van der Waals surface area contributed by atoms with Crippen LogP contribution in [-0.4, -0.2) is 21.7 Å². The van der Waals surface area contributed by atoms with Crippen LogP contribution in [0.5, 0.6) is 5.75 Å². The zero-order valence-electron chi connectivity index (χ0n) is 12.7. The van der Waals surface area contributed by atoms with Crippen molar-refractivity contribution in [3.05, 3.63) is 30.3 Å². The van der Waals surface area contributed by atoms with Crippen molar-refractivity contribution < 1.29 is 9.22 Å². The van der Waals surface area contributed by atoms with Gasteiger partial charge in [-0.2, -0.15) is 0 Å². The van der Waals surface area contributed by atoms with Crippen molar-refractivity contribution in [2.75, 3.05) is 0 Å². The molecule has 0 fully saturated rings. The fourth-order valence-corrected chi connectivity index (χ4v) is 10.2. The Morgan fingerprint density at radius 1 is 1.00 bits per heavy atom. The fourth-order valence-electron chi connectivity index (χ4n) is 1.91. The molecule has 0 bridgehead atoms. The van der Waals surface area contributed by atoms with Gasteiger partial charge >= 0.3 is 0 Å². The molecule has 4 heteroatoms. The molecule has 0 spiro atoms. The minimum absolute atomic E-state index is 0.322. The van der Waals surface area contributed by atoms with E-state index in [0.717, 1.165) is 0 Å². The molecule has 0 saturated heterocycles. The van der Waals surface area contributed by atoms with Gasteiger partial charge < -0.3 is 9.22 Å². The van der Waals surface area contributed by atoms with E-state index in [9.17, 15) is 0 Å². The molecule has 0 saturated carbocycles. The van der Waals surface area contributed by atoms with Gasteiger partial charge in [0.25, 0.3) is 0 Å². The van der Waals surface area contributed by atoms with Crippen molar-refractivity contribution in [3.63, 3.8) is 0 Å². The lowest BCUT2D eigenvalue weighted by molar-refractivity contribution is 0.475. The highest BCUT2D eigenvalue weighted by Gasteiger charge is 2.28. The van der Waals surface area contributed by atoms with E-state index < -0.39 is 16.6 Å². The average Bonchev–Trinajstić information content (AvgIpc) is 2.15. The third-order valence-electron chi connectivity index (χ3n) is 2.19. The Morgan fingerprint density at radius 2 is 1.50 bits per heavy atom. The molecule has 0 aliphatic rings. The van der Waals surface area contributed by atoms with Crippen molar-refractivity contribution >= 4 is 16.6 Å². The van der Waals surface area contributed by atoms with Gasteiger partial charge in [0.2, 0.25) is 0 Å². The molecule has 104 valence electrons. The van der Waals surface area contributed by atoms with Crippen molar-refractivity contribution in [1.29, 1.82) is 0 Å². The van der Waals surface area contributed by atoms with E-state index in [-0.39, 0.29) is 0 Å². The molecule has 0 aliphatic carbocycles. The summed E-state index contributed by atoms with van der Waals surface area (Å²) in [4.78, 5) is 0. The molecule has 2 nitrogen and oxygen atoms in total. The van der Waals surface area contributed by atoms with E-state index in [2.05, 4.69) is 39.7 Å².